The van der Waals surface area contributed by atoms with Gasteiger partial charge in [0.2, 0.25) is 5.91 Å². The molecular weight excluding hydrogens is 319 g/mol. The molecule has 0 spiro atoms. The number of alkyl halides is 3. The summed E-state index contributed by atoms with van der Waals surface area (Å²) in [5.41, 5.74) is 4.86. The standard InChI is InChI=1S/C10H18N2O.C7H6F3N/c1-4-7-8(6-11-3)10(7)12-9(13)5-2;8-7(9,10)5-1-3-6(11)4-2-5/h5,7-8,10-11H,2,4,6H2,1,3H3,(H,12,13);1-4H,11H2. The molecule has 0 bridgehead atoms. The SMILES string of the molecule is C=CC(=O)NC1C(CC)C1CNC.Nc1ccc(C(F)(F)F)cc1. The zero-order chi connectivity index (χ0) is 18.3. The molecule has 1 aliphatic rings. The lowest BCUT2D eigenvalue weighted by molar-refractivity contribution is -0.137. The van der Waals surface area contributed by atoms with E-state index >= 15 is 0 Å². The van der Waals surface area contributed by atoms with Crippen molar-refractivity contribution in [1.82, 2.24) is 10.6 Å². The first-order valence-electron chi connectivity index (χ1n) is 7.74. The average Bonchev–Trinajstić information content (AvgIpc) is 3.18. The van der Waals surface area contributed by atoms with E-state index in [0.29, 0.717) is 23.6 Å². The number of benzene rings is 1. The maximum atomic E-state index is 11.9. The minimum atomic E-state index is -4.27. The van der Waals surface area contributed by atoms with Gasteiger partial charge in [0.15, 0.2) is 0 Å². The average molecular weight is 343 g/mol. The van der Waals surface area contributed by atoms with E-state index in [-0.39, 0.29) is 5.91 Å². The zero-order valence-electron chi connectivity index (χ0n) is 13.9. The van der Waals surface area contributed by atoms with Gasteiger partial charge in [-0.05, 0) is 55.8 Å². The number of hydrogen-bond donors (Lipinski definition) is 3. The van der Waals surface area contributed by atoms with Gasteiger partial charge in [-0.15, -0.1) is 0 Å². The van der Waals surface area contributed by atoms with Crippen molar-refractivity contribution < 1.29 is 18.0 Å². The molecule has 1 aromatic carbocycles. The van der Waals surface area contributed by atoms with Gasteiger partial charge in [-0.1, -0.05) is 19.9 Å². The van der Waals surface area contributed by atoms with Crippen molar-refractivity contribution in [3.05, 3.63) is 42.5 Å². The topological polar surface area (TPSA) is 67.2 Å². The van der Waals surface area contributed by atoms with Crippen molar-refractivity contribution in [2.24, 2.45) is 11.8 Å². The molecule has 4 nitrogen and oxygen atoms in total. The summed E-state index contributed by atoms with van der Waals surface area (Å²) in [5, 5.41) is 6.08. The molecular formula is C17H24F3N3O. The Morgan fingerprint density at radius 3 is 2.29 bits per heavy atom. The van der Waals surface area contributed by atoms with Crippen LogP contribution < -0.4 is 16.4 Å². The van der Waals surface area contributed by atoms with Gasteiger partial charge >= 0.3 is 6.18 Å². The molecule has 0 heterocycles. The summed E-state index contributed by atoms with van der Waals surface area (Å²) in [5.74, 6) is 1.21. The van der Waals surface area contributed by atoms with Gasteiger partial charge in [0.1, 0.15) is 0 Å². The highest BCUT2D eigenvalue weighted by atomic mass is 19.4. The monoisotopic (exact) mass is 343 g/mol. The fraction of sp³-hybridized carbons (Fsp3) is 0.471. The van der Waals surface area contributed by atoms with Crippen LogP contribution in [0.25, 0.3) is 0 Å². The minimum absolute atomic E-state index is 0.0537. The summed E-state index contributed by atoms with van der Waals surface area (Å²) >= 11 is 0. The first-order chi connectivity index (χ1) is 11.2. The highest BCUT2D eigenvalue weighted by Crippen LogP contribution is 2.40. The maximum Gasteiger partial charge on any atom is 0.416 e. The summed E-state index contributed by atoms with van der Waals surface area (Å²) in [4.78, 5) is 11.0. The molecule has 1 amide bonds. The third-order valence-electron chi connectivity index (χ3n) is 3.98. The first-order valence-corrected chi connectivity index (χ1v) is 7.74. The smallest absolute Gasteiger partial charge is 0.399 e. The number of carbonyl (C=O) groups excluding carboxylic acids is 1. The van der Waals surface area contributed by atoms with Crippen LogP contribution in [-0.2, 0) is 11.0 Å². The molecule has 1 fully saturated rings. The van der Waals surface area contributed by atoms with Crippen LogP contribution in [0.15, 0.2) is 36.9 Å². The molecule has 24 heavy (non-hydrogen) atoms. The second kappa shape index (κ2) is 8.73. The molecule has 134 valence electrons. The van der Waals surface area contributed by atoms with E-state index < -0.39 is 11.7 Å². The predicted molar refractivity (Wildman–Crippen MR) is 89.2 cm³/mol. The Balaban J connectivity index is 0.000000243. The quantitative estimate of drug-likeness (QED) is 0.569. The van der Waals surface area contributed by atoms with Crippen LogP contribution in [0.1, 0.15) is 18.9 Å². The number of amides is 1. The number of hydrogen-bond acceptors (Lipinski definition) is 3. The van der Waals surface area contributed by atoms with Crippen LogP contribution in [0, 0.1) is 11.8 Å². The number of nitrogens with two attached hydrogens (primary N) is 1. The molecule has 1 aromatic rings. The van der Waals surface area contributed by atoms with E-state index in [1.165, 1.54) is 18.2 Å². The highest BCUT2D eigenvalue weighted by Gasteiger charge is 2.48. The fourth-order valence-corrected chi connectivity index (χ4v) is 2.63. The van der Waals surface area contributed by atoms with Crippen molar-refractivity contribution in [3.63, 3.8) is 0 Å². The Kier molecular flexibility index (Phi) is 7.28. The van der Waals surface area contributed by atoms with Gasteiger partial charge < -0.3 is 16.4 Å². The number of anilines is 1. The van der Waals surface area contributed by atoms with Crippen LogP contribution in [0.5, 0.6) is 0 Å². The van der Waals surface area contributed by atoms with Crippen LogP contribution >= 0.6 is 0 Å². The molecule has 0 saturated heterocycles. The Labute approximate surface area is 140 Å². The molecule has 0 aliphatic heterocycles. The van der Waals surface area contributed by atoms with E-state index in [0.717, 1.165) is 25.1 Å². The Bertz CT molecular complexity index is 543. The van der Waals surface area contributed by atoms with Gasteiger partial charge in [0.05, 0.1) is 5.56 Å². The van der Waals surface area contributed by atoms with Crippen molar-refractivity contribution in [3.8, 4) is 0 Å². The lowest BCUT2D eigenvalue weighted by Gasteiger charge is -2.05. The predicted octanol–water partition coefficient (Wildman–Crippen LogP) is 2.82. The number of rotatable bonds is 5. The van der Waals surface area contributed by atoms with E-state index in [9.17, 15) is 18.0 Å². The number of nitrogen functional groups attached to an aromatic ring is 1. The van der Waals surface area contributed by atoms with Gasteiger partial charge in [0, 0.05) is 11.7 Å². The molecule has 0 aromatic heterocycles. The van der Waals surface area contributed by atoms with E-state index in [4.69, 9.17) is 5.73 Å². The Morgan fingerprint density at radius 2 is 1.88 bits per heavy atom. The van der Waals surface area contributed by atoms with Gasteiger partial charge in [-0.25, -0.2) is 0 Å². The van der Waals surface area contributed by atoms with Gasteiger partial charge in [0.25, 0.3) is 0 Å². The molecule has 1 aliphatic carbocycles. The van der Waals surface area contributed by atoms with Gasteiger partial charge in [-0.2, -0.15) is 13.2 Å². The molecule has 3 atom stereocenters. The lowest BCUT2D eigenvalue weighted by Crippen LogP contribution is -2.27. The Morgan fingerprint density at radius 1 is 1.29 bits per heavy atom. The highest BCUT2D eigenvalue weighted by molar-refractivity contribution is 5.87. The second-order valence-electron chi connectivity index (χ2n) is 5.65. The fourth-order valence-electron chi connectivity index (χ4n) is 2.63. The van der Waals surface area contributed by atoms with Crippen molar-refractivity contribution >= 4 is 11.6 Å². The molecule has 7 heteroatoms. The van der Waals surface area contributed by atoms with Crippen molar-refractivity contribution in [2.75, 3.05) is 19.3 Å². The summed E-state index contributed by atoms with van der Waals surface area (Å²) in [6.45, 7) is 6.58. The molecule has 1 saturated carbocycles. The summed E-state index contributed by atoms with van der Waals surface area (Å²) < 4.78 is 35.6. The molecule has 2 rings (SSSR count). The maximum absolute atomic E-state index is 11.9. The number of nitrogens with one attached hydrogen (secondary N) is 2. The third-order valence-corrected chi connectivity index (χ3v) is 3.98. The third kappa shape index (κ3) is 5.88. The normalized spacial score (nSPS) is 22.1. The van der Waals surface area contributed by atoms with Crippen LogP contribution in [0.3, 0.4) is 0 Å². The zero-order valence-corrected chi connectivity index (χ0v) is 13.9. The minimum Gasteiger partial charge on any atom is -0.399 e. The summed E-state index contributed by atoms with van der Waals surface area (Å²) in [6.07, 6.45) is -1.80. The van der Waals surface area contributed by atoms with E-state index in [1.807, 2.05) is 7.05 Å². The largest absolute Gasteiger partial charge is 0.416 e. The number of halogens is 3. The van der Waals surface area contributed by atoms with Gasteiger partial charge in [-0.3, -0.25) is 4.79 Å². The molecule has 0 radical (unpaired) electrons. The van der Waals surface area contributed by atoms with Crippen LogP contribution in [-0.4, -0.2) is 25.5 Å². The van der Waals surface area contributed by atoms with E-state index in [2.05, 4.69) is 24.1 Å². The number of carbonyl (C=O) groups is 1. The van der Waals surface area contributed by atoms with Crippen molar-refractivity contribution in [2.45, 2.75) is 25.6 Å². The van der Waals surface area contributed by atoms with Crippen LogP contribution in [0.4, 0.5) is 18.9 Å². The molecule has 4 N–H and O–H groups in total. The first kappa shape index (κ1) is 20.0. The van der Waals surface area contributed by atoms with Crippen molar-refractivity contribution in [1.29, 1.82) is 0 Å². The summed E-state index contributed by atoms with van der Waals surface area (Å²) in [6, 6.07) is 4.72. The van der Waals surface area contributed by atoms with Crippen LogP contribution in [0.2, 0.25) is 0 Å². The van der Waals surface area contributed by atoms with E-state index in [1.54, 1.807) is 0 Å². The lowest BCUT2D eigenvalue weighted by atomic mass is 10.2. The second-order valence-corrected chi connectivity index (χ2v) is 5.65. The molecule has 3 unspecified atom stereocenters. The summed E-state index contributed by atoms with van der Waals surface area (Å²) in [7, 11) is 1.94. The Hall–Kier alpha value is -2.02.